The van der Waals surface area contributed by atoms with Gasteiger partial charge < -0.3 is 5.48 Å². The predicted molar refractivity (Wildman–Crippen MR) is 53.5 cm³/mol. The number of aryl methyl sites for hydroxylation is 2. The molecule has 0 aliphatic heterocycles. The van der Waals surface area contributed by atoms with Crippen molar-refractivity contribution in [3.63, 3.8) is 0 Å². The third kappa shape index (κ3) is 4.82. The van der Waals surface area contributed by atoms with Crippen molar-refractivity contribution in [2.75, 3.05) is 0 Å². The molecule has 66 valence electrons. The van der Waals surface area contributed by atoms with Crippen LogP contribution in [0, 0.1) is 13.8 Å². The van der Waals surface area contributed by atoms with Crippen LogP contribution in [-0.2, 0) is 0 Å². The first-order valence-corrected chi connectivity index (χ1v) is 2.83. The summed E-state index contributed by atoms with van der Waals surface area (Å²) in [7, 11) is 0. The molecule has 0 aromatic heterocycles. The summed E-state index contributed by atoms with van der Waals surface area (Å²) in [6.45, 7) is 4.24. The summed E-state index contributed by atoms with van der Waals surface area (Å²) in [5.41, 5.74) is 2.74. The molecular weight excluding hydrogens is 160 g/mol. The molecule has 1 rings (SSSR count). The Morgan fingerprint density at radius 3 is 1.36 bits per heavy atom. The van der Waals surface area contributed by atoms with Crippen molar-refractivity contribution >= 4 is 12.4 Å². The molecule has 0 radical (unpaired) electrons. The lowest BCUT2D eigenvalue weighted by atomic mass is 10.1. The van der Waals surface area contributed by atoms with Gasteiger partial charge in [0.25, 0.3) is 0 Å². The average molecular weight is 177 g/mol. The maximum absolute atomic E-state index is 2.12. The highest BCUT2D eigenvalue weighted by molar-refractivity contribution is 5.85. The summed E-state index contributed by atoms with van der Waals surface area (Å²) >= 11 is 0. The Kier molecular flexibility index (Phi) is 11.6. The van der Waals surface area contributed by atoms with E-state index in [1.165, 1.54) is 11.1 Å². The molecule has 0 unspecified atom stereocenters. The molecule has 2 heteroatoms. The van der Waals surface area contributed by atoms with E-state index < -0.39 is 0 Å². The van der Waals surface area contributed by atoms with Crippen LogP contribution in [0.4, 0.5) is 0 Å². The van der Waals surface area contributed by atoms with Crippen molar-refractivity contribution in [1.82, 2.24) is 0 Å². The van der Waals surface area contributed by atoms with Crippen LogP contribution in [0.25, 0.3) is 0 Å². The fraction of sp³-hybridized carbons (Fsp3) is 0.333. The molecule has 0 saturated carbocycles. The molecule has 0 saturated heterocycles. The molecule has 11 heavy (non-hydrogen) atoms. The third-order valence-electron chi connectivity index (χ3n) is 1.43. The lowest BCUT2D eigenvalue weighted by Crippen LogP contribution is -1.74. The summed E-state index contributed by atoms with van der Waals surface area (Å²) in [5.74, 6) is 0. The molecule has 0 bridgehead atoms. The summed E-state index contributed by atoms with van der Waals surface area (Å²) in [5, 5.41) is 0. The number of benzene rings is 1. The van der Waals surface area contributed by atoms with Gasteiger partial charge in [0.05, 0.1) is 0 Å². The molecule has 1 aromatic carbocycles. The van der Waals surface area contributed by atoms with Gasteiger partial charge in [0.1, 0.15) is 0 Å². The van der Waals surface area contributed by atoms with Gasteiger partial charge in [-0.3, -0.25) is 0 Å². The van der Waals surface area contributed by atoms with Gasteiger partial charge in [-0.05, 0) is 25.0 Å². The molecule has 0 atom stereocenters. The van der Waals surface area contributed by atoms with E-state index in [1.54, 1.807) is 0 Å². The molecule has 2 N–H and O–H groups in total. The van der Waals surface area contributed by atoms with Crippen LogP contribution in [-0.4, -0.2) is 5.48 Å². The summed E-state index contributed by atoms with van der Waals surface area (Å²) in [4.78, 5) is 0. The topological polar surface area (TPSA) is 31.5 Å². The van der Waals surface area contributed by atoms with E-state index in [0.29, 0.717) is 0 Å². The second kappa shape index (κ2) is 7.58. The van der Waals surface area contributed by atoms with Gasteiger partial charge in [-0.25, -0.2) is 0 Å². The van der Waals surface area contributed by atoms with Crippen LogP contribution in [0.1, 0.15) is 18.6 Å². The molecule has 1 nitrogen and oxygen atoms in total. The Morgan fingerprint density at radius 1 is 0.909 bits per heavy atom. The van der Waals surface area contributed by atoms with E-state index in [9.17, 15) is 0 Å². The SMILES string of the molecule is C.Cc1ccccc1C.Cl.O. The molecule has 1 aromatic rings. The van der Waals surface area contributed by atoms with Crippen molar-refractivity contribution < 1.29 is 5.48 Å². The van der Waals surface area contributed by atoms with E-state index in [0.717, 1.165) is 0 Å². The number of halogens is 1. The van der Waals surface area contributed by atoms with E-state index in [2.05, 4.69) is 38.1 Å². The van der Waals surface area contributed by atoms with E-state index in [4.69, 9.17) is 0 Å². The van der Waals surface area contributed by atoms with Crippen LogP contribution in [0.15, 0.2) is 24.3 Å². The summed E-state index contributed by atoms with van der Waals surface area (Å²) < 4.78 is 0. The Bertz CT molecular complexity index is 166. The first kappa shape index (κ1) is 16.8. The molecule has 0 heterocycles. The minimum atomic E-state index is 0. The van der Waals surface area contributed by atoms with Gasteiger partial charge in [0.15, 0.2) is 0 Å². The minimum Gasteiger partial charge on any atom is -0.412 e. The van der Waals surface area contributed by atoms with Gasteiger partial charge in [0.2, 0.25) is 0 Å². The Hall–Kier alpha value is -0.530. The second-order valence-electron chi connectivity index (χ2n) is 2.08. The highest BCUT2D eigenvalue weighted by Gasteiger charge is 1.83. The highest BCUT2D eigenvalue weighted by Crippen LogP contribution is 2.02. The standard InChI is InChI=1S/C8H10.CH4.ClH.H2O/c1-7-5-3-4-6-8(7)2;;;/h3-6H,1-2H3;1H4;1H;1H2. The van der Waals surface area contributed by atoms with Gasteiger partial charge >= 0.3 is 0 Å². The van der Waals surface area contributed by atoms with Crippen molar-refractivity contribution in [3.05, 3.63) is 35.4 Å². The largest absolute Gasteiger partial charge is 0.412 e. The molecule has 0 spiro atoms. The van der Waals surface area contributed by atoms with Crippen molar-refractivity contribution in [3.8, 4) is 0 Å². The van der Waals surface area contributed by atoms with Gasteiger partial charge in [-0.15, -0.1) is 12.4 Å². The van der Waals surface area contributed by atoms with Gasteiger partial charge in [-0.1, -0.05) is 31.7 Å². The van der Waals surface area contributed by atoms with Gasteiger partial charge in [0, 0.05) is 0 Å². The molecular formula is C9H17ClO. The zero-order valence-corrected chi connectivity index (χ0v) is 7.03. The Labute approximate surface area is 75.2 Å². The van der Waals surface area contributed by atoms with Crippen molar-refractivity contribution in [2.24, 2.45) is 0 Å². The number of hydrogen-bond acceptors (Lipinski definition) is 0. The maximum atomic E-state index is 2.12. The minimum absolute atomic E-state index is 0. The third-order valence-corrected chi connectivity index (χ3v) is 1.43. The van der Waals surface area contributed by atoms with Gasteiger partial charge in [-0.2, -0.15) is 0 Å². The average Bonchev–Trinajstić information content (AvgIpc) is 1.77. The lowest BCUT2D eigenvalue weighted by Gasteiger charge is -1.93. The van der Waals surface area contributed by atoms with Crippen LogP contribution < -0.4 is 0 Å². The van der Waals surface area contributed by atoms with Crippen LogP contribution in [0.3, 0.4) is 0 Å². The summed E-state index contributed by atoms with van der Waals surface area (Å²) in [6.07, 6.45) is 0. The Morgan fingerprint density at radius 2 is 1.18 bits per heavy atom. The Balaban J connectivity index is -0.000000213. The van der Waals surface area contributed by atoms with Crippen LogP contribution in [0.5, 0.6) is 0 Å². The molecule has 0 amide bonds. The monoisotopic (exact) mass is 176 g/mol. The normalized spacial score (nSPS) is 6.73. The second-order valence-corrected chi connectivity index (χ2v) is 2.08. The number of hydrogen-bond donors (Lipinski definition) is 0. The van der Waals surface area contributed by atoms with E-state index in [-0.39, 0.29) is 25.3 Å². The van der Waals surface area contributed by atoms with E-state index in [1.807, 2.05) is 0 Å². The lowest BCUT2D eigenvalue weighted by molar-refractivity contribution is 0.824. The first-order chi connectivity index (χ1) is 3.80. The fourth-order valence-electron chi connectivity index (χ4n) is 0.663. The van der Waals surface area contributed by atoms with Crippen molar-refractivity contribution in [1.29, 1.82) is 0 Å². The molecule has 0 aliphatic rings. The molecule has 0 aliphatic carbocycles. The fourth-order valence-corrected chi connectivity index (χ4v) is 0.663. The van der Waals surface area contributed by atoms with Crippen molar-refractivity contribution in [2.45, 2.75) is 21.3 Å². The smallest absolute Gasteiger partial charge is 0.0395 e. The maximum Gasteiger partial charge on any atom is -0.0395 e. The zero-order valence-electron chi connectivity index (χ0n) is 6.22. The highest BCUT2D eigenvalue weighted by atomic mass is 35.5. The van der Waals surface area contributed by atoms with Crippen LogP contribution >= 0.6 is 12.4 Å². The molecule has 0 fully saturated rings. The van der Waals surface area contributed by atoms with Crippen LogP contribution in [0.2, 0.25) is 0 Å². The zero-order chi connectivity index (χ0) is 5.98. The quantitative estimate of drug-likeness (QED) is 0.582. The number of rotatable bonds is 0. The van der Waals surface area contributed by atoms with E-state index >= 15 is 0 Å². The first-order valence-electron chi connectivity index (χ1n) is 2.83. The predicted octanol–water partition coefficient (Wildman–Crippen LogP) is 2.54. The summed E-state index contributed by atoms with van der Waals surface area (Å²) in [6, 6.07) is 8.36.